The molecule has 0 N–H and O–H groups in total. The second kappa shape index (κ2) is 7.50. The van der Waals surface area contributed by atoms with Crippen LogP contribution in [-0.4, -0.2) is 25.5 Å². The second-order valence-corrected chi connectivity index (χ2v) is 3.57. The number of hydrogen-bond acceptors (Lipinski definition) is 4. The van der Waals surface area contributed by atoms with E-state index in [1.54, 1.807) is 25.1 Å². The van der Waals surface area contributed by atoms with E-state index in [2.05, 4.69) is 6.58 Å². The standard InChI is InChI=1S/C14H18O4/c1-4-12-6-8-13(9-7-12)17-10-14(15)18-11(3)16-5-2/h4,6-9,11H,1,5,10H2,2-3H3. The van der Waals surface area contributed by atoms with Crippen molar-refractivity contribution in [2.45, 2.75) is 20.1 Å². The van der Waals surface area contributed by atoms with Crippen LogP contribution in [0.3, 0.4) is 0 Å². The Balaban J connectivity index is 2.35. The van der Waals surface area contributed by atoms with Gasteiger partial charge in [-0.05, 0) is 31.5 Å². The first-order valence-corrected chi connectivity index (χ1v) is 5.82. The zero-order valence-electron chi connectivity index (χ0n) is 10.7. The number of ether oxygens (including phenoxy) is 3. The summed E-state index contributed by atoms with van der Waals surface area (Å²) in [5, 5.41) is 0. The Morgan fingerprint density at radius 1 is 1.39 bits per heavy atom. The van der Waals surface area contributed by atoms with Crippen molar-refractivity contribution < 1.29 is 19.0 Å². The Hall–Kier alpha value is -1.81. The van der Waals surface area contributed by atoms with Gasteiger partial charge in [-0.1, -0.05) is 24.8 Å². The van der Waals surface area contributed by atoms with Gasteiger partial charge in [0.2, 0.25) is 0 Å². The summed E-state index contributed by atoms with van der Waals surface area (Å²) in [7, 11) is 0. The SMILES string of the molecule is C=Cc1ccc(OCC(=O)OC(C)OCC)cc1. The Morgan fingerprint density at radius 3 is 2.61 bits per heavy atom. The fourth-order valence-electron chi connectivity index (χ4n) is 1.33. The van der Waals surface area contributed by atoms with Crippen molar-refractivity contribution >= 4 is 12.0 Å². The third-order valence-corrected chi connectivity index (χ3v) is 2.17. The minimum absolute atomic E-state index is 0.134. The van der Waals surface area contributed by atoms with Gasteiger partial charge in [0.15, 0.2) is 12.9 Å². The maximum atomic E-state index is 11.4. The van der Waals surface area contributed by atoms with E-state index >= 15 is 0 Å². The van der Waals surface area contributed by atoms with Crippen LogP contribution in [0.2, 0.25) is 0 Å². The highest BCUT2D eigenvalue weighted by Gasteiger charge is 2.09. The molecule has 4 heteroatoms. The molecule has 0 fully saturated rings. The zero-order valence-corrected chi connectivity index (χ0v) is 10.7. The van der Waals surface area contributed by atoms with Crippen LogP contribution < -0.4 is 4.74 Å². The summed E-state index contributed by atoms with van der Waals surface area (Å²) in [6, 6.07) is 7.26. The molecule has 98 valence electrons. The van der Waals surface area contributed by atoms with Gasteiger partial charge in [-0.15, -0.1) is 0 Å². The maximum absolute atomic E-state index is 11.4. The van der Waals surface area contributed by atoms with E-state index in [0.29, 0.717) is 12.4 Å². The van der Waals surface area contributed by atoms with Gasteiger partial charge in [0.1, 0.15) is 5.75 Å². The van der Waals surface area contributed by atoms with E-state index < -0.39 is 12.3 Å². The molecule has 0 heterocycles. The lowest BCUT2D eigenvalue weighted by atomic mass is 10.2. The number of carbonyl (C=O) groups excluding carboxylic acids is 1. The quantitative estimate of drug-likeness (QED) is 0.551. The van der Waals surface area contributed by atoms with Gasteiger partial charge in [0, 0.05) is 6.61 Å². The van der Waals surface area contributed by atoms with Crippen LogP contribution in [-0.2, 0) is 14.3 Å². The van der Waals surface area contributed by atoms with E-state index in [9.17, 15) is 4.79 Å². The number of benzene rings is 1. The number of esters is 1. The van der Waals surface area contributed by atoms with Crippen LogP contribution in [0, 0.1) is 0 Å². The summed E-state index contributed by atoms with van der Waals surface area (Å²) in [5.74, 6) is 0.158. The van der Waals surface area contributed by atoms with Crippen LogP contribution in [0.25, 0.3) is 6.08 Å². The van der Waals surface area contributed by atoms with Crippen LogP contribution in [0.1, 0.15) is 19.4 Å². The Labute approximate surface area is 107 Å². The van der Waals surface area contributed by atoms with Crippen molar-refractivity contribution in [3.05, 3.63) is 36.4 Å². The van der Waals surface area contributed by atoms with Crippen molar-refractivity contribution in [2.75, 3.05) is 13.2 Å². The average Bonchev–Trinajstić information content (AvgIpc) is 2.37. The molecule has 0 spiro atoms. The topological polar surface area (TPSA) is 44.8 Å². The molecule has 0 aliphatic rings. The van der Waals surface area contributed by atoms with Gasteiger partial charge in [-0.25, -0.2) is 4.79 Å². The van der Waals surface area contributed by atoms with E-state index in [1.807, 2.05) is 19.1 Å². The second-order valence-electron chi connectivity index (χ2n) is 3.57. The molecule has 0 aliphatic carbocycles. The normalized spacial score (nSPS) is 11.7. The van der Waals surface area contributed by atoms with E-state index in [-0.39, 0.29) is 6.61 Å². The van der Waals surface area contributed by atoms with Crippen molar-refractivity contribution in [1.82, 2.24) is 0 Å². The molecule has 1 rings (SSSR count). The Kier molecular flexibility index (Phi) is 5.94. The van der Waals surface area contributed by atoms with Crippen molar-refractivity contribution in [3.63, 3.8) is 0 Å². The van der Waals surface area contributed by atoms with E-state index in [4.69, 9.17) is 14.2 Å². The highest BCUT2D eigenvalue weighted by atomic mass is 16.7. The van der Waals surface area contributed by atoms with Gasteiger partial charge in [0.05, 0.1) is 0 Å². The Bertz CT molecular complexity index is 383. The lowest BCUT2D eigenvalue weighted by Crippen LogP contribution is -2.22. The first-order chi connectivity index (χ1) is 8.65. The molecule has 0 aliphatic heterocycles. The molecule has 4 nitrogen and oxygen atoms in total. The molecule has 0 saturated carbocycles. The van der Waals surface area contributed by atoms with Crippen LogP contribution in [0.4, 0.5) is 0 Å². The van der Waals surface area contributed by atoms with Crippen molar-refractivity contribution in [1.29, 1.82) is 0 Å². The predicted octanol–water partition coefficient (Wildman–Crippen LogP) is 2.63. The lowest BCUT2D eigenvalue weighted by molar-refractivity contribution is -0.175. The molecule has 1 aromatic rings. The van der Waals surface area contributed by atoms with E-state index in [0.717, 1.165) is 5.56 Å². The highest BCUT2D eigenvalue weighted by molar-refractivity contribution is 5.71. The van der Waals surface area contributed by atoms with Crippen LogP contribution in [0.15, 0.2) is 30.8 Å². The third kappa shape index (κ3) is 5.01. The first kappa shape index (κ1) is 14.3. The fourth-order valence-corrected chi connectivity index (χ4v) is 1.33. The molecule has 18 heavy (non-hydrogen) atoms. The minimum Gasteiger partial charge on any atom is -0.482 e. The summed E-state index contributed by atoms with van der Waals surface area (Å²) in [6.45, 7) is 7.52. The lowest BCUT2D eigenvalue weighted by Gasteiger charge is -2.13. The van der Waals surface area contributed by atoms with Gasteiger partial charge in [-0.2, -0.15) is 0 Å². The summed E-state index contributed by atoms with van der Waals surface area (Å²) < 4.78 is 15.3. The summed E-state index contributed by atoms with van der Waals surface area (Å²) in [6.07, 6.45) is 1.19. The zero-order chi connectivity index (χ0) is 13.4. The summed E-state index contributed by atoms with van der Waals surface area (Å²) in [5.41, 5.74) is 0.995. The predicted molar refractivity (Wildman–Crippen MR) is 69.2 cm³/mol. The Morgan fingerprint density at radius 2 is 2.06 bits per heavy atom. The van der Waals surface area contributed by atoms with Gasteiger partial charge < -0.3 is 14.2 Å². The molecule has 1 aromatic carbocycles. The molecule has 0 bridgehead atoms. The molecular weight excluding hydrogens is 232 g/mol. The van der Waals surface area contributed by atoms with Gasteiger partial charge >= 0.3 is 5.97 Å². The highest BCUT2D eigenvalue weighted by Crippen LogP contribution is 2.12. The molecule has 1 atom stereocenters. The smallest absolute Gasteiger partial charge is 0.346 e. The van der Waals surface area contributed by atoms with Crippen LogP contribution in [0.5, 0.6) is 5.75 Å². The largest absolute Gasteiger partial charge is 0.482 e. The van der Waals surface area contributed by atoms with Crippen molar-refractivity contribution in [2.24, 2.45) is 0 Å². The summed E-state index contributed by atoms with van der Waals surface area (Å²) >= 11 is 0. The van der Waals surface area contributed by atoms with E-state index in [1.165, 1.54) is 0 Å². The fraction of sp³-hybridized carbons (Fsp3) is 0.357. The van der Waals surface area contributed by atoms with Gasteiger partial charge in [0.25, 0.3) is 0 Å². The average molecular weight is 250 g/mol. The maximum Gasteiger partial charge on any atom is 0.346 e. The monoisotopic (exact) mass is 250 g/mol. The summed E-state index contributed by atoms with van der Waals surface area (Å²) in [4.78, 5) is 11.4. The number of hydrogen-bond donors (Lipinski definition) is 0. The molecule has 0 aromatic heterocycles. The first-order valence-electron chi connectivity index (χ1n) is 5.82. The molecular formula is C14H18O4. The number of carbonyl (C=O) groups is 1. The van der Waals surface area contributed by atoms with Crippen LogP contribution >= 0.6 is 0 Å². The molecule has 1 unspecified atom stereocenters. The molecule has 0 amide bonds. The third-order valence-electron chi connectivity index (χ3n) is 2.17. The molecule has 0 radical (unpaired) electrons. The van der Waals surface area contributed by atoms with Gasteiger partial charge in [-0.3, -0.25) is 0 Å². The minimum atomic E-state index is -0.547. The number of rotatable bonds is 7. The molecule has 0 saturated heterocycles. The van der Waals surface area contributed by atoms with Crippen molar-refractivity contribution in [3.8, 4) is 5.75 Å².